The first kappa shape index (κ1) is 14.8. The molecule has 0 spiro atoms. The summed E-state index contributed by atoms with van der Waals surface area (Å²) in [5.74, 6) is 0.0250. The van der Waals surface area contributed by atoms with E-state index in [0.29, 0.717) is 17.1 Å². The molecule has 2 aromatic carbocycles. The Balaban J connectivity index is 1.76. The van der Waals surface area contributed by atoms with Crippen LogP contribution in [0.1, 0.15) is 11.3 Å². The van der Waals surface area contributed by atoms with E-state index in [4.69, 9.17) is 5.73 Å². The zero-order valence-corrected chi connectivity index (χ0v) is 12.7. The maximum absolute atomic E-state index is 12.2. The molecule has 0 aliphatic carbocycles. The first-order chi connectivity index (χ1) is 11.0. The number of phenols is 1. The summed E-state index contributed by atoms with van der Waals surface area (Å²) < 4.78 is 0. The van der Waals surface area contributed by atoms with Gasteiger partial charge >= 0.3 is 0 Å². The van der Waals surface area contributed by atoms with Gasteiger partial charge in [-0.3, -0.25) is 9.78 Å². The van der Waals surface area contributed by atoms with E-state index >= 15 is 0 Å². The molecule has 4 N–H and O–H groups in total. The van der Waals surface area contributed by atoms with Crippen LogP contribution in [0.3, 0.4) is 0 Å². The van der Waals surface area contributed by atoms with Crippen molar-refractivity contribution in [2.45, 2.75) is 13.3 Å². The average molecular weight is 307 g/mol. The number of aromatic nitrogens is 1. The van der Waals surface area contributed by atoms with Gasteiger partial charge in [0.1, 0.15) is 5.75 Å². The van der Waals surface area contributed by atoms with Crippen molar-refractivity contribution in [2.75, 3.05) is 11.1 Å². The molecule has 0 aliphatic heterocycles. The van der Waals surface area contributed by atoms with E-state index in [1.165, 1.54) is 0 Å². The number of benzene rings is 2. The smallest absolute Gasteiger partial charge is 0.230 e. The fourth-order valence-corrected chi connectivity index (χ4v) is 2.43. The number of aryl methyl sites for hydroxylation is 1. The molecule has 1 heterocycles. The van der Waals surface area contributed by atoms with Crippen LogP contribution in [0.25, 0.3) is 10.9 Å². The number of rotatable bonds is 3. The van der Waals surface area contributed by atoms with E-state index in [2.05, 4.69) is 10.3 Å². The molecule has 3 rings (SSSR count). The minimum absolute atomic E-state index is 0.152. The SMILES string of the molecule is Cc1cc(O)ccc1NC(=O)Cc1ccc2cc(N)ccc2n1. The van der Waals surface area contributed by atoms with Gasteiger partial charge in [0.15, 0.2) is 0 Å². The van der Waals surface area contributed by atoms with E-state index in [1.54, 1.807) is 24.3 Å². The zero-order chi connectivity index (χ0) is 16.4. The lowest BCUT2D eigenvalue weighted by Crippen LogP contribution is -2.15. The van der Waals surface area contributed by atoms with Crippen molar-refractivity contribution in [3.8, 4) is 5.75 Å². The van der Waals surface area contributed by atoms with Gasteiger partial charge < -0.3 is 16.2 Å². The Morgan fingerprint density at radius 2 is 2.00 bits per heavy atom. The van der Waals surface area contributed by atoms with Crippen LogP contribution in [0, 0.1) is 6.92 Å². The van der Waals surface area contributed by atoms with E-state index in [0.717, 1.165) is 16.5 Å². The molecular formula is C18H17N3O2. The summed E-state index contributed by atoms with van der Waals surface area (Å²) in [4.78, 5) is 16.7. The van der Waals surface area contributed by atoms with Gasteiger partial charge in [0.25, 0.3) is 0 Å². The number of amides is 1. The summed E-state index contributed by atoms with van der Waals surface area (Å²) in [6, 6.07) is 14.0. The molecule has 0 fully saturated rings. The summed E-state index contributed by atoms with van der Waals surface area (Å²) >= 11 is 0. The molecule has 0 saturated carbocycles. The van der Waals surface area contributed by atoms with Gasteiger partial charge in [-0.05, 0) is 55.0 Å². The van der Waals surface area contributed by atoms with Gasteiger partial charge in [0.2, 0.25) is 5.91 Å². The second kappa shape index (κ2) is 5.96. The molecular weight excluding hydrogens is 290 g/mol. The number of carbonyl (C=O) groups excluding carboxylic acids is 1. The van der Waals surface area contributed by atoms with Gasteiger partial charge in [-0.2, -0.15) is 0 Å². The predicted octanol–water partition coefficient (Wildman–Crippen LogP) is 3.01. The van der Waals surface area contributed by atoms with E-state index < -0.39 is 0 Å². The highest BCUT2D eigenvalue weighted by molar-refractivity contribution is 5.93. The molecule has 1 aromatic heterocycles. The number of nitrogens with zero attached hydrogens (tertiary/aromatic N) is 1. The Hall–Kier alpha value is -3.08. The second-order valence-electron chi connectivity index (χ2n) is 5.48. The minimum Gasteiger partial charge on any atom is -0.508 e. The van der Waals surface area contributed by atoms with Crippen LogP contribution < -0.4 is 11.1 Å². The van der Waals surface area contributed by atoms with Crippen molar-refractivity contribution in [3.63, 3.8) is 0 Å². The lowest BCUT2D eigenvalue weighted by molar-refractivity contribution is -0.115. The topological polar surface area (TPSA) is 88.2 Å². The predicted molar refractivity (Wildman–Crippen MR) is 91.3 cm³/mol. The van der Waals surface area contributed by atoms with E-state index in [-0.39, 0.29) is 18.1 Å². The molecule has 0 bridgehead atoms. The van der Waals surface area contributed by atoms with Crippen LogP contribution in [-0.4, -0.2) is 16.0 Å². The molecule has 5 heteroatoms. The maximum atomic E-state index is 12.2. The highest BCUT2D eigenvalue weighted by Gasteiger charge is 2.08. The summed E-state index contributed by atoms with van der Waals surface area (Å²) in [6.07, 6.45) is 0.181. The summed E-state index contributed by atoms with van der Waals surface area (Å²) in [6.45, 7) is 1.83. The summed E-state index contributed by atoms with van der Waals surface area (Å²) in [7, 11) is 0. The Labute approximate surface area is 133 Å². The first-order valence-electron chi connectivity index (χ1n) is 7.26. The number of fused-ring (bicyclic) bond motifs is 1. The van der Waals surface area contributed by atoms with Gasteiger partial charge in [0.05, 0.1) is 17.6 Å². The van der Waals surface area contributed by atoms with Crippen molar-refractivity contribution < 1.29 is 9.90 Å². The fraction of sp³-hybridized carbons (Fsp3) is 0.111. The van der Waals surface area contributed by atoms with Crippen LogP contribution in [-0.2, 0) is 11.2 Å². The number of nitrogens with two attached hydrogens (primary N) is 1. The van der Waals surface area contributed by atoms with Crippen LogP contribution >= 0.6 is 0 Å². The Kier molecular flexibility index (Phi) is 3.85. The van der Waals surface area contributed by atoms with Crippen LogP contribution in [0.15, 0.2) is 48.5 Å². The van der Waals surface area contributed by atoms with Crippen molar-refractivity contribution in [3.05, 3.63) is 59.8 Å². The summed E-state index contributed by atoms with van der Waals surface area (Å²) in [5.41, 5.74) is 9.42. The monoisotopic (exact) mass is 307 g/mol. The number of nitrogens with one attached hydrogen (secondary N) is 1. The highest BCUT2D eigenvalue weighted by atomic mass is 16.3. The third kappa shape index (κ3) is 3.40. The minimum atomic E-state index is -0.152. The van der Waals surface area contributed by atoms with Gasteiger partial charge in [-0.15, -0.1) is 0 Å². The van der Waals surface area contributed by atoms with E-state index in [1.807, 2.05) is 31.2 Å². The molecule has 23 heavy (non-hydrogen) atoms. The Morgan fingerprint density at radius 3 is 2.78 bits per heavy atom. The average Bonchev–Trinajstić information content (AvgIpc) is 2.50. The molecule has 0 radical (unpaired) electrons. The zero-order valence-electron chi connectivity index (χ0n) is 12.7. The molecule has 1 amide bonds. The third-order valence-electron chi connectivity index (χ3n) is 3.60. The summed E-state index contributed by atoms with van der Waals surface area (Å²) in [5, 5.41) is 13.2. The fourth-order valence-electron chi connectivity index (χ4n) is 2.43. The number of phenolic OH excluding ortho intramolecular Hbond substituents is 1. The number of hydrogen-bond donors (Lipinski definition) is 3. The molecule has 3 aromatic rings. The Bertz CT molecular complexity index is 891. The van der Waals surface area contributed by atoms with E-state index in [9.17, 15) is 9.90 Å². The third-order valence-corrected chi connectivity index (χ3v) is 3.60. The molecule has 0 saturated heterocycles. The van der Waals surface area contributed by atoms with Gasteiger partial charge in [0, 0.05) is 16.8 Å². The highest BCUT2D eigenvalue weighted by Crippen LogP contribution is 2.20. The normalized spacial score (nSPS) is 10.7. The molecule has 0 atom stereocenters. The van der Waals surface area contributed by atoms with Crippen LogP contribution in [0.2, 0.25) is 0 Å². The lowest BCUT2D eigenvalue weighted by Gasteiger charge is -2.09. The van der Waals surface area contributed by atoms with Gasteiger partial charge in [-0.25, -0.2) is 0 Å². The molecule has 116 valence electrons. The molecule has 0 unspecified atom stereocenters. The van der Waals surface area contributed by atoms with Crippen molar-refractivity contribution >= 4 is 28.2 Å². The molecule has 5 nitrogen and oxygen atoms in total. The number of pyridine rings is 1. The second-order valence-corrected chi connectivity index (χ2v) is 5.48. The van der Waals surface area contributed by atoms with Crippen LogP contribution in [0.4, 0.5) is 11.4 Å². The van der Waals surface area contributed by atoms with Crippen LogP contribution in [0.5, 0.6) is 5.75 Å². The standard InChI is InChI=1S/C18H17N3O2/c1-11-8-15(22)5-7-16(11)21-18(23)10-14-4-2-12-9-13(19)3-6-17(12)20-14/h2-9,22H,10,19H2,1H3,(H,21,23). The quantitative estimate of drug-likeness (QED) is 0.512. The molecule has 0 aliphatic rings. The number of anilines is 2. The van der Waals surface area contributed by atoms with Crippen molar-refractivity contribution in [1.82, 2.24) is 4.98 Å². The maximum Gasteiger partial charge on any atom is 0.230 e. The van der Waals surface area contributed by atoms with Gasteiger partial charge in [-0.1, -0.05) is 6.07 Å². The Morgan fingerprint density at radius 1 is 1.17 bits per heavy atom. The lowest BCUT2D eigenvalue weighted by atomic mass is 10.1. The number of aromatic hydroxyl groups is 1. The number of nitrogen functional groups attached to an aromatic ring is 1. The van der Waals surface area contributed by atoms with Crippen molar-refractivity contribution in [1.29, 1.82) is 0 Å². The largest absolute Gasteiger partial charge is 0.508 e. The number of hydrogen-bond acceptors (Lipinski definition) is 4. The first-order valence-corrected chi connectivity index (χ1v) is 7.26. The van der Waals surface area contributed by atoms with Crippen molar-refractivity contribution in [2.24, 2.45) is 0 Å². The number of carbonyl (C=O) groups is 1.